The van der Waals surface area contributed by atoms with Crippen molar-refractivity contribution in [2.24, 2.45) is 0 Å². The highest BCUT2D eigenvalue weighted by Crippen LogP contribution is 2.34. The topological polar surface area (TPSA) is 64.5 Å². The Bertz CT molecular complexity index is 3000. The lowest BCUT2D eigenvalue weighted by Gasteiger charge is -2.12. The predicted molar refractivity (Wildman–Crippen MR) is 244 cm³/mol. The quantitative estimate of drug-likeness (QED) is 0.146. The van der Waals surface area contributed by atoms with Gasteiger partial charge in [0.05, 0.1) is 11.4 Å². The van der Waals surface area contributed by atoms with E-state index in [1.807, 2.05) is 72.8 Å². The van der Waals surface area contributed by atoms with Crippen molar-refractivity contribution in [3.8, 4) is 101 Å². The molecule has 8 aromatic carbocycles. The summed E-state index contributed by atoms with van der Waals surface area (Å²) in [6.45, 7) is 0. The average Bonchev–Trinajstić information content (AvgIpc) is 3.35. The molecule has 10 rings (SSSR count). The minimum absolute atomic E-state index is 0.615. The van der Waals surface area contributed by atoms with Crippen LogP contribution >= 0.6 is 0 Å². The van der Waals surface area contributed by atoms with E-state index in [2.05, 4.69) is 152 Å². The fourth-order valence-corrected chi connectivity index (χ4v) is 7.44. The molecule has 0 spiro atoms. The average molecular weight is 768 g/mol. The molecule has 5 heteroatoms. The van der Waals surface area contributed by atoms with Gasteiger partial charge in [-0.15, -0.1) is 0 Å². The summed E-state index contributed by atoms with van der Waals surface area (Å²) in [7, 11) is 0. The molecule has 10 aromatic rings. The molecule has 0 bridgehead atoms. The highest BCUT2D eigenvalue weighted by atomic mass is 15.0. The standard InChI is InChI=1S/C55H37N5/c1-5-16-38(17-6-1)39-30-32-43(33-31-39)53-58-52(42-22-11-4-12-23-42)59-55(60-53)49-29-15-27-47(36-49)45-25-13-24-44(34-45)46-26-14-28-48(35-46)54-56-50(40-18-7-2-8-19-40)37-51(57-54)41-20-9-3-10-21-41/h1-37H. The van der Waals surface area contributed by atoms with E-state index >= 15 is 0 Å². The van der Waals surface area contributed by atoms with Crippen LogP contribution in [-0.2, 0) is 0 Å². The molecular weight excluding hydrogens is 731 g/mol. The van der Waals surface area contributed by atoms with Crippen molar-refractivity contribution in [2.75, 3.05) is 0 Å². The molecule has 0 saturated carbocycles. The van der Waals surface area contributed by atoms with Gasteiger partial charge in [0.2, 0.25) is 0 Å². The summed E-state index contributed by atoms with van der Waals surface area (Å²) in [5.41, 5.74) is 14.2. The van der Waals surface area contributed by atoms with Gasteiger partial charge in [0.15, 0.2) is 23.3 Å². The van der Waals surface area contributed by atoms with Crippen molar-refractivity contribution in [2.45, 2.75) is 0 Å². The lowest BCUT2D eigenvalue weighted by Crippen LogP contribution is -2.00. The summed E-state index contributed by atoms with van der Waals surface area (Å²) in [5, 5.41) is 0. The fraction of sp³-hybridized carbons (Fsp3) is 0. The van der Waals surface area contributed by atoms with Gasteiger partial charge in [-0.3, -0.25) is 0 Å². The minimum Gasteiger partial charge on any atom is -0.228 e. The van der Waals surface area contributed by atoms with Crippen LogP contribution in [0, 0.1) is 0 Å². The molecule has 0 atom stereocenters. The Hall–Kier alpha value is -8.15. The summed E-state index contributed by atoms with van der Waals surface area (Å²) in [4.78, 5) is 25.2. The van der Waals surface area contributed by atoms with Gasteiger partial charge in [-0.25, -0.2) is 24.9 Å². The largest absolute Gasteiger partial charge is 0.228 e. The first-order valence-corrected chi connectivity index (χ1v) is 20.0. The first-order valence-electron chi connectivity index (χ1n) is 20.0. The van der Waals surface area contributed by atoms with E-state index in [-0.39, 0.29) is 0 Å². The van der Waals surface area contributed by atoms with Gasteiger partial charge in [-0.05, 0) is 57.6 Å². The van der Waals surface area contributed by atoms with E-state index in [0.717, 1.165) is 72.6 Å². The van der Waals surface area contributed by atoms with Gasteiger partial charge in [-0.2, -0.15) is 0 Å². The number of hydrogen-bond acceptors (Lipinski definition) is 5. The fourth-order valence-electron chi connectivity index (χ4n) is 7.44. The van der Waals surface area contributed by atoms with Gasteiger partial charge < -0.3 is 0 Å². The summed E-state index contributed by atoms with van der Waals surface area (Å²) < 4.78 is 0. The van der Waals surface area contributed by atoms with Crippen molar-refractivity contribution >= 4 is 0 Å². The van der Waals surface area contributed by atoms with E-state index in [9.17, 15) is 0 Å². The number of hydrogen-bond donors (Lipinski definition) is 0. The second-order valence-electron chi connectivity index (χ2n) is 14.6. The molecule has 0 saturated heterocycles. The first kappa shape index (κ1) is 36.2. The zero-order valence-corrected chi connectivity index (χ0v) is 32.6. The third-order valence-corrected chi connectivity index (χ3v) is 10.6. The van der Waals surface area contributed by atoms with Gasteiger partial charge in [0, 0.05) is 33.4 Å². The third kappa shape index (κ3) is 7.76. The second-order valence-corrected chi connectivity index (χ2v) is 14.6. The SMILES string of the molecule is c1ccc(-c2ccc(-c3nc(-c4ccccc4)nc(-c4cccc(-c5cccc(-c6cccc(-c7nc(-c8ccccc8)cc(-c8ccccc8)n7)c6)c5)c4)n3)cc2)cc1. The Morgan fingerprint density at radius 1 is 0.167 bits per heavy atom. The summed E-state index contributed by atoms with van der Waals surface area (Å²) in [5.74, 6) is 2.55. The Labute approximate surface area is 349 Å². The summed E-state index contributed by atoms with van der Waals surface area (Å²) >= 11 is 0. The second kappa shape index (κ2) is 16.4. The van der Waals surface area contributed by atoms with E-state index in [0.29, 0.717) is 23.3 Å². The molecule has 0 aliphatic heterocycles. The van der Waals surface area contributed by atoms with E-state index < -0.39 is 0 Å². The predicted octanol–water partition coefficient (Wildman–Crippen LogP) is 13.7. The van der Waals surface area contributed by atoms with Crippen LogP contribution in [0.4, 0.5) is 0 Å². The highest BCUT2D eigenvalue weighted by Gasteiger charge is 2.15. The number of nitrogens with zero attached hydrogens (tertiary/aromatic N) is 5. The van der Waals surface area contributed by atoms with Crippen LogP contribution in [0.5, 0.6) is 0 Å². The molecule has 0 fully saturated rings. The maximum absolute atomic E-state index is 5.08. The van der Waals surface area contributed by atoms with E-state index in [1.165, 1.54) is 5.56 Å². The van der Waals surface area contributed by atoms with E-state index in [1.54, 1.807) is 0 Å². The van der Waals surface area contributed by atoms with Crippen LogP contribution in [0.25, 0.3) is 101 Å². The minimum atomic E-state index is 0.615. The van der Waals surface area contributed by atoms with E-state index in [4.69, 9.17) is 24.9 Å². The Morgan fingerprint density at radius 2 is 0.433 bits per heavy atom. The lowest BCUT2D eigenvalue weighted by molar-refractivity contribution is 1.07. The van der Waals surface area contributed by atoms with Gasteiger partial charge >= 0.3 is 0 Å². The normalized spacial score (nSPS) is 11.0. The smallest absolute Gasteiger partial charge is 0.164 e. The van der Waals surface area contributed by atoms with Crippen LogP contribution in [0.2, 0.25) is 0 Å². The summed E-state index contributed by atoms with van der Waals surface area (Å²) in [6.07, 6.45) is 0. The van der Waals surface area contributed by atoms with Crippen molar-refractivity contribution in [1.29, 1.82) is 0 Å². The zero-order valence-electron chi connectivity index (χ0n) is 32.6. The molecule has 282 valence electrons. The molecule has 0 N–H and O–H groups in total. The molecule has 2 heterocycles. The number of benzene rings is 8. The van der Waals surface area contributed by atoms with Crippen molar-refractivity contribution in [3.63, 3.8) is 0 Å². The van der Waals surface area contributed by atoms with Crippen LogP contribution in [-0.4, -0.2) is 24.9 Å². The van der Waals surface area contributed by atoms with Crippen LogP contribution in [0.3, 0.4) is 0 Å². The van der Waals surface area contributed by atoms with Crippen LogP contribution in [0.1, 0.15) is 0 Å². The number of aromatic nitrogens is 5. The van der Waals surface area contributed by atoms with Crippen molar-refractivity contribution < 1.29 is 0 Å². The molecule has 0 aliphatic carbocycles. The molecular formula is C55H37N5. The maximum Gasteiger partial charge on any atom is 0.164 e. The molecule has 0 aliphatic rings. The highest BCUT2D eigenvalue weighted by molar-refractivity contribution is 5.79. The molecule has 0 unspecified atom stereocenters. The van der Waals surface area contributed by atoms with Gasteiger partial charge in [0.25, 0.3) is 0 Å². The van der Waals surface area contributed by atoms with Crippen LogP contribution in [0.15, 0.2) is 224 Å². The first-order chi connectivity index (χ1) is 29.7. The maximum atomic E-state index is 5.08. The molecule has 60 heavy (non-hydrogen) atoms. The molecule has 2 aromatic heterocycles. The zero-order chi connectivity index (χ0) is 40.1. The van der Waals surface area contributed by atoms with Gasteiger partial charge in [-0.1, -0.05) is 200 Å². The molecule has 0 radical (unpaired) electrons. The Balaban J connectivity index is 0.995. The van der Waals surface area contributed by atoms with Crippen LogP contribution < -0.4 is 0 Å². The van der Waals surface area contributed by atoms with Crippen molar-refractivity contribution in [1.82, 2.24) is 24.9 Å². The van der Waals surface area contributed by atoms with Crippen molar-refractivity contribution in [3.05, 3.63) is 224 Å². The Kier molecular flexibility index (Phi) is 9.88. The van der Waals surface area contributed by atoms with Gasteiger partial charge in [0.1, 0.15) is 0 Å². The summed E-state index contributed by atoms with van der Waals surface area (Å²) in [6, 6.07) is 77.1. The third-order valence-electron chi connectivity index (χ3n) is 10.6. The molecule has 0 amide bonds. The number of rotatable bonds is 9. The lowest BCUT2D eigenvalue weighted by atomic mass is 9.97. The Morgan fingerprint density at radius 3 is 0.867 bits per heavy atom. The molecule has 5 nitrogen and oxygen atoms in total. The monoisotopic (exact) mass is 767 g/mol.